The van der Waals surface area contributed by atoms with Crippen molar-refractivity contribution in [3.05, 3.63) is 0 Å². The second kappa shape index (κ2) is 15.4. The minimum atomic E-state index is -4.36. The molecule has 8 nitrogen and oxygen atoms in total. The van der Waals surface area contributed by atoms with Gasteiger partial charge in [-0.05, 0) is 6.42 Å². The number of esters is 1. The summed E-state index contributed by atoms with van der Waals surface area (Å²) < 4.78 is 62.3. The monoisotopic (exact) mass is 412 g/mol. The summed E-state index contributed by atoms with van der Waals surface area (Å²) in [7, 11) is -6.84. The molecule has 11 heteroatoms. The van der Waals surface area contributed by atoms with Crippen LogP contribution in [-0.4, -0.2) is 75.2 Å². The van der Waals surface area contributed by atoms with Gasteiger partial charge in [0.2, 0.25) is 0 Å². The average Bonchev–Trinajstić information content (AvgIpc) is 2.51. The van der Waals surface area contributed by atoms with E-state index in [1.165, 1.54) is 25.7 Å². The SMILES string of the molecule is CCCCCCCCCCC(C(=O)OC)S(=O)(=O)O.O=S(=O)(O)[CH2][Na]. The Kier molecular flexibility index (Phi) is 16.9. The third kappa shape index (κ3) is 18.9. The Labute approximate surface area is 169 Å². The Morgan fingerprint density at radius 3 is 1.68 bits per heavy atom. The summed E-state index contributed by atoms with van der Waals surface area (Å²) in [4.78, 5) is 11.2. The molecule has 1 unspecified atom stereocenters. The van der Waals surface area contributed by atoms with E-state index in [-0.39, 0.29) is 9.42 Å². The van der Waals surface area contributed by atoms with Crippen LogP contribution in [0.2, 0.25) is 0 Å². The maximum atomic E-state index is 11.2. The van der Waals surface area contributed by atoms with Crippen molar-refractivity contribution in [1.82, 2.24) is 0 Å². The summed E-state index contributed by atoms with van der Waals surface area (Å²) in [6.45, 7) is 2.17. The van der Waals surface area contributed by atoms with E-state index in [9.17, 15) is 21.6 Å². The van der Waals surface area contributed by atoms with Crippen molar-refractivity contribution in [2.45, 2.75) is 70.0 Å². The molecule has 1 atom stereocenters. The van der Waals surface area contributed by atoms with Crippen LogP contribution in [0, 0.1) is 0 Å². The fourth-order valence-corrected chi connectivity index (χ4v) is 2.79. The molecule has 0 aromatic rings. The summed E-state index contributed by atoms with van der Waals surface area (Å²) in [5.74, 6) is -0.884. The molecule has 0 heterocycles. The van der Waals surface area contributed by atoms with Crippen LogP contribution in [0.15, 0.2) is 0 Å². The molecular weight excluding hydrogens is 383 g/mol. The van der Waals surface area contributed by atoms with Crippen molar-refractivity contribution in [2.24, 2.45) is 0 Å². The number of methoxy groups -OCH3 is 1. The van der Waals surface area contributed by atoms with Crippen LogP contribution in [0.3, 0.4) is 0 Å². The van der Waals surface area contributed by atoms with Gasteiger partial charge in [0.05, 0.1) is 7.11 Å². The molecule has 25 heavy (non-hydrogen) atoms. The summed E-state index contributed by atoms with van der Waals surface area (Å²) in [6, 6.07) is 0. The molecule has 146 valence electrons. The molecule has 0 aliphatic carbocycles. The quantitative estimate of drug-likeness (QED) is 0.215. The normalized spacial score (nSPS) is 12.9. The van der Waals surface area contributed by atoms with Gasteiger partial charge in [-0.1, -0.05) is 58.3 Å². The third-order valence-corrected chi connectivity index (χ3v) is 7.57. The van der Waals surface area contributed by atoms with Gasteiger partial charge in [0.25, 0.3) is 10.1 Å². The Morgan fingerprint density at radius 1 is 0.960 bits per heavy atom. The average molecular weight is 413 g/mol. The van der Waals surface area contributed by atoms with E-state index >= 15 is 0 Å². The molecule has 0 aliphatic rings. The molecule has 0 spiro atoms. The number of ether oxygens (including phenoxy) is 1. The Balaban J connectivity index is 0. The molecule has 0 radical (unpaired) electrons. The van der Waals surface area contributed by atoms with E-state index in [1.807, 2.05) is 0 Å². The van der Waals surface area contributed by atoms with E-state index in [0.717, 1.165) is 26.4 Å². The molecule has 2 N–H and O–H groups in total. The summed E-state index contributed by atoms with van der Waals surface area (Å²) in [5.41, 5.74) is 0. The summed E-state index contributed by atoms with van der Waals surface area (Å²) in [5, 5.41) is -1.43. The molecular formula is C14H29NaO8S2. The van der Waals surface area contributed by atoms with Crippen molar-refractivity contribution in [3.63, 3.8) is 0 Å². The van der Waals surface area contributed by atoms with Crippen LogP contribution in [0.1, 0.15) is 64.7 Å². The summed E-state index contributed by atoms with van der Waals surface area (Å²) in [6.07, 6.45) is 8.68. The number of hydrogen-bond donors (Lipinski definition) is 2. The molecule has 0 saturated carbocycles. The van der Waals surface area contributed by atoms with E-state index in [4.69, 9.17) is 9.11 Å². The first-order valence-electron chi connectivity index (χ1n) is 8.48. The van der Waals surface area contributed by atoms with Crippen LogP contribution in [-0.2, 0) is 29.8 Å². The van der Waals surface area contributed by atoms with E-state index in [2.05, 4.69) is 11.7 Å². The van der Waals surface area contributed by atoms with E-state index in [1.54, 1.807) is 0 Å². The summed E-state index contributed by atoms with van der Waals surface area (Å²) >= 11 is 0.510. The standard InChI is InChI=1S/C13H26O5S.CH3O3S.Na/c1-3-4-5-6-7-8-9-10-11-12(13(14)18-2)19(15,16)17;1-5(2,3)4;/h12H,3-11H2,1-2H3,(H,15,16,17);1H2,(H,2,3,4);. The van der Waals surface area contributed by atoms with Gasteiger partial charge in [0.1, 0.15) is 0 Å². The number of unbranched alkanes of at least 4 members (excludes halogenated alkanes) is 7. The maximum absolute atomic E-state index is 11.2. The Bertz CT molecular complexity index is 545. The molecule has 0 amide bonds. The first kappa shape index (κ1) is 27.5. The Morgan fingerprint density at radius 2 is 1.36 bits per heavy atom. The third-order valence-electron chi connectivity index (χ3n) is 3.51. The number of carbonyl (C=O) groups is 1. The van der Waals surface area contributed by atoms with Gasteiger partial charge in [-0.3, -0.25) is 9.35 Å². The number of rotatable bonds is 12. The number of hydrogen-bond acceptors (Lipinski definition) is 6. The molecule has 0 bridgehead atoms. The molecule has 0 rings (SSSR count). The first-order chi connectivity index (χ1) is 11.5. The van der Waals surface area contributed by atoms with E-state index in [0.29, 0.717) is 34.4 Å². The van der Waals surface area contributed by atoms with Crippen LogP contribution < -0.4 is 0 Å². The van der Waals surface area contributed by atoms with Gasteiger partial charge < -0.3 is 4.74 Å². The predicted molar refractivity (Wildman–Crippen MR) is 96.7 cm³/mol. The molecule has 0 fully saturated rings. The predicted octanol–water partition coefficient (Wildman–Crippen LogP) is 1.95. The molecule has 0 aromatic heterocycles. The zero-order valence-corrected chi connectivity index (χ0v) is 18.9. The van der Waals surface area contributed by atoms with Gasteiger partial charge >= 0.3 is 60.0 Å². The number of carbonyl (C=O) groups excluding carboxylic acids is 1. The fraction of sp³-hybridized carbons (Fsp3) is 0.929. The minimum absolute atomic E-state index is 0.0625. The van der Waals surface area contributed by atoms with Crippen molar-refractivity contribution < 1.29 is 35.5 Å². The van der Waals surface area contributed by atoms with Crippen molar-refractivity contribution in [2.75, 3.05) is 10.1 Å². The van der Waals surface area contributed by atoms with Gasteiger partial charge in [0, 0.05) is 0 Å². The molecule has 0 saturated heterocycles. The van der Waals surface area contributed by atoms with Crippen molar-refractivity contribution in [1.29, 1.82) is 0 Å². The Hall–Kier alpha value is 0.290. The van der Waals surface area contributed by atoms with E-state index < -0.39 is 31.5 Å². The van der Waals surface area contributed by atoms with Crippen molar-refractivity contribution >= 4 is 54.1 Å². The topological polar surface area (TPSA) is 135 Å². The van der Waals surface area contributed by atoms with Crippen molar-refractivity contribution in [3.8, 4) is 0 Å². The molecule has 0 aromatic carbocycles. The fourth-order valence-electron chi connectivity index (χ4n) is 1.98. The first-order valence-corrected chi connectivity index (χ1v) is 13.0. The zero-order chi connectivity index (χ0) is 19.9. The second-order valence-electron chi connectivity index (χ2n) is 5.66. The van der Waals surface area contributed by atoms with Crippen LogP contribution in [0.5, 0.6) is 0 Å². The second-order valence-corrected chi connectivity index (χ2v) is 10.7. The molecule has 0 aliphatic heterocycles. The van der Waals surface area contributed by atoms with Gasteiger partial charge in [0.15, 0.2) is 5.25 Å². The van der Waals surface area contributed by atoms with Crippen LogP contribution in [0.4, 0.5) is 0 Å². The van der Waals surface area contributed by atoms with Gasteiger partial charge in [-0.2, -0.15) is 8.42 Å². The van der Waals surface area contributed by atoms with Crippen LogP contribution >= 0.6 is 0 Å². The van der Waals surface area contributed by atoms with Crippen LogP contribution in [0.25, 0.3) is 0 Å². The zero-order valence-electron chi connectivity index (χ0n) is 15.3. The van der Waals surface area contributed by atoms with Gasteiger partial charge in [-0.15, -0.1) is 0 Å². The van der Waals surface area contributed by atoms with Gasteiger partial charge in [-0.25, -0.2) is 0 Å².